The Morgan fingerprint density at radius 3 is 1.57 bits per heavy atom. The van der Waals surface area contributed by atoms with Gasteiger partial charge in [0, 0.05) is 33.4 Å². The first kappa shape index (κ1) is 35.2. The third kappa shape index (κ3) is 6.32. The molecule has 1 aromatic heterocycles. The third-order valence-corrected chi connectivity index (χ3v) is 11.8. The topological polar surface area (TPSA) is 8.17 Å². The summed E-state index contributed by atoms with van der Waals surface area (Å²) in [6.07, 6.45) is 0. The summed E-state index contributed by atoms with van der Waals surface area (Å²) in [6, 6.07) is 88.0. The fraction of sp³-hybridized carbons (Fsp3) is 0. The summed E-state index contributed by atoms with van der Waals surface area (Å²) in [6.45, 7) is 0. The lowest BCUT2D eigenvalue weighted by Crippen LogP contribution is -2.10. The second-order valence-corrected chi connectivity index (χ2v) is 15.3. The highest BCUT2D eigenvalue weighted by Gasteiger charge is 2.21. The zero-order valence-electron chi connectivity index (χ0n) is 33.0. The van der Waals surface area contributed by atoms with E-state index < -0.39 is 0 Å². The van der Waals surface area contributed by atoms with Crippen molar-refractivity contribution < 1.29 is 0 Å². The van der Waals surface area contributed by atoms with Gasteiger partial charge in [0.25, 0.3) is 0 Å². The number of hydrogen-bond donors (Lipinski definition) is 0. The Morgan fingerprint density at radius 2 is 0.800 bits per heavy atom. The maximum atomic E-state index is 2.45. The first-order valence-corrected chi connectivity index (χ1v) is 20.6. The van der Waals surface area contributed by atoms with Gasteiger partial charge in [0.15, 0.2) is 0 Å². The summed E-state index contributed by atoms with van der Waals surface area (Å²) in [7, 11) is 0. The van der Waals surface area contributed by atoms with E-state index in [-0.39, 0.29) is 0 Å². The lowest BCUT2D eigenvalue weighted by molar-refractivity contribution is 1.18. The van der Waals surface area contributed by atoms with Gasteiger partial charge in [-0.3, -0.25) is 0 Å². The highest BCUT2D eigenvalue weighted by molar-refractivity contribution is 6.11. The average molecular weight is 765 g/mol. The Bertz CT molecular complexity index is 3290. The third-order valence-electron chi connectivity index (χ3n) is 11.8. The van der Waals surface area contributed by atoms with E-state index in [1.807, 2.05) is 0 Å². The lowest BCUT2D eigenvalue weighted by Gasteiger charge is -2.27. The molecule has 60 heavy (non-hydrogen) atoms. The van der Waals surface area contributed by atoms with Crippen LogP contribution in [0.15, 0.2) is 243 Å². The molecule has 2 nitrogen and oxygen atoms in total. The van der Waals surface area contributed by atoms with Crippen molar-refractivity contribution in [3.63, 3.8) is 0 Å². The Kier molecular flexibility index (Phi) is 8.87. The number of aromatic nitrogens is 1. The number of fused-ring (bicyclic) bond motifs is 4. The van der Waals surface area contributed by atoms with Crippen LogP contribution in [0.25, 0.3) is 82.8 Å². The maximum Gasteiger partial charge on any atom is 0.0562 e. The molecule has 0 saturated carbocycles. The van der Waals surface area contributed by atoms with Crippen molar-refractivity contribution in [1.82, 2.24) is 4.57 Å². The Balaban J connectivity index is 1.14. The van der Waals surface area contributed by atoms with Gasteiger partial charge in [-0.15, -0.1) is 0 Å². The molecule has 0 saturated heterocycles. The largest absolute Gasteiger partial charge is 0.310 e. The van der Waals surface area contributed by atoms with Gasteiger partial charge in [-0.1, -0.05) is 188 Å². The van der Waals surface area contributed by atoms with Gasteiger partial charge in [0.1, 0.15) is 0 Å². The molecular weight excluding hydrogens is 725 g/mol. The standard InChI is InChI=1S/C58H40N2/c1-4-16-41(17-5-1)43-30-32-48(33-31-43)59(49-34-36-51(55(39-49)45-21-8-3-9-22-45)47-29-28-42-18-10-11-23-46(42)38-47)50-35-37-54-53-25-13-15-27-57(53)60(58(54)40-50)56-26-14-12-24-52(56)44-19-6-2-7-20-44/h1-40H. The zero-order valence-corrected chi connectivity index (χ0v) is 33.0. The van der Waals surface area contributed by atoms with Crippen molar-refractivity contribution in [2.75, 3.05) is 4.90 Å². The average Bonchev–Trinajstić information content (AvgIpc) is 3.66. The predicted octanol–water partition coefficient (Wildman–Crippen LogP) is 16.1. The van der Waals surface area contributed by atoms with Crippen molar-refractivity contribution in [2.45, 2.75) is 0 Å². The molecule has 10 aromatic carbocycles. The van der Waals surface area contributed by atoms with Crippen molar-refractivity contribution >= 4 is 49.6 Å². The minimum atomic E-state index is 1.08. The van der Waals surface area contributed by atoms with E-state index in [0.29, 0.717) is 0 Å². The van der Waals surface area contributed by atoms with Gasteiger partial charge in [-0.25, -0.2) is 0 Å². The normalized spacial score (nSPS) is 11.3. The summed E-state index contributed by atoms with van der Waals surface area (Å²) >= 11 is 0. The first-order chi connectivity index (χ1) is 29.8. The highest BCUT2D eigenvalue weighted by atomic mass is 15.1. The monoisotopic (exact) mass is 764 g/mol. The fourth-order valence-electron chi connectivity index (χ4n) is 8.91. The molecule has 11 rings (SSSR count). The summed E-state index contributed by atoms with van der Waals surface area (Å²) in [5, 5.41) is 4.92. The number of hydrogen-bond acceptors (Lipinski definition) is 1. The van der Waals surface area contributed by atoms with Crippen LogP contribution in [0.5, 0.6) is 0 Å². The summed E-state index contributed by atoms with van der Waals surface area (Å²) < 4.78 is 2.45. The number of para-hydroxylation sites is 2. The van der Waals surface area contributed by atoms with Crippen LogP contribution in [0.1, 0.15) is 0 Å². The molecule has 1 heterocycles. The van der Waals surface area contributed by atoms with Crippen LogP contribution in [-0.2, 0) is 0 Å². The van der Waals surface area contributed by atoms with Gasteiger partial charge in [-0.05, 0) is 104 Å². The molecule has 2 heteroatoms. The zero-order chi connectivity index (χ0) is 39.8. The van der Waals surface area contributed by atoms with Crippen molar-refractivity contribution in [1.29, 1.82) is 0 Å². The number of anilines is 3. The molecular formula is C58H40N2. The molecule has 0 unspecified atom stereocenters. The molecule has 0 amide bonds. The second kappa shape index (κ2) is 15.1. The van der Waals surface area contributed by atoms with Crippen LogP contribution in [-0.4, -0.2) is 4.57 Å². The van der Waals surface area contributed by atoms with Gasteiger partial charge >= 0.3 is 0 Å². The van der Waals surface area contributed by atoms with Gasteiger partial charge in [-0.2, -0.15) is 0 Å². The Labute approximate surface area is 350 Å². The van der Waals surface area contributed by atoms with Crippen LogP contribution >= 0.6 is 0 Å². The number of nitrogens with zero attached hydrogens (tertiary/aromatic N) is 2. The van der Waals surface area contributed by atoms with Crippen LogP contribution in [0, 0.1) is 0 Å². The molecule has 0 N–H and O–H groups in total. The van der Waals surface area contributed by atoms with E-state index in [1.54, 1.807) is 0 Å². The molecule has 0 radical (unpaired) electrons. The van der Waals surface area contributed by atoms with Crippen molar-refractivity contribution in [3.8, 4) is 50.2 Å². The fourth-order valence-corrected chi connectivity index (χ4v) is 8.91. The maximum absolute atomic E-state index is 2.45. The Morgan fingerprint density at radius 1 is 0.267 bits per heavy atom. The molecule has 0 aliphatic rings. The van der Waals surface area contributed by atoms with Gasteiger partial charge in [0.2, 0.25) is 0 Å². The summed E-state index contributed by atoms with van der Waals surface area (Å²) in [5.74, 6) is 0. The van der Waals surface area contributed by atoms with E-state index >= 15 is 0 Å². The lowest BCUT2D eigenvalue weighted by atomic mass is 9.92. The van der Waals surface area contributed by atoms with Crippen LogP contribution in [0.4, 0.5) is 17.1 Å². The highest BCUT2D eigenvalue weighted by Crippen LogP contribution is 2.44. The van der Waals surface area contributed by atoms with Crippen LogP contribution in [0.3, 0.4) is 0 Å². The molecule has 11 aromatic rings. The van der Waals surface area contributed by atoms with E-state index in [9.17, 15) is 0 Å². The molecule has 0 fully saturated rings. The molecule has 0 bridgehead atoms. The van der Waals surface area contributed by atoms with Crippen molar-refractivity contribution in [2.24, 2.45) is 0 Å². The van der Waals surface area contributed by atoms with Gasteiger partial charge < -0.3 is 9.47 Å². The Hall–Kier alpha value is -7.94. The predicted molar refractivity (Wildman–Crippen MR) is 255 cm³/mol. The summed E-state index contributed by atoms with van der Waals surface area (Å²) in [5.41, 5.74) is 16.2. The molecule has 282 valence electrons. The molecule has 0 spiro atoms. The van der Waals surface area contributed by atoms with E-state index in [0.717, 1.165) is 28.3 Å². The smallest absolute Gasteiger partial charge is 0.0562 e. The minimum absolute atomic E-state index is 1.08. The van der Waals surface area contributed by atoms with E-state index in [1.165, 1.54) is 71.6 Å². The van der Waals surface area contributed by atoms with E-state index in [4.69, 9.17) is 0 Å². The quantitative estimate of drug-likeness (QED) is 0.150. The van der Waals surface area contributed by atoms with Crippen molar-refractivity contribution in [3.05, 3.63) is 243 Å². The van der Waals surface area contributed by atoms with Crippen LogP contribution in [0.2, 0.25) is 0 Å². The SMILES string of the molecule is c1ccc(-c2ccc(N(c3ccc(-c4ccc5ccccc5c4)c(-c4ccccc4)c3)c3ccc4c5ccccc5n(-c5ccccc5-c5ccccc5)c4c3)cc2)cc1. The summed E-state index contributed by atoms with van der Waals surface area (Å²) in [4.78, 5) is 2.41. The first-order valence-electron chi connectivity index (χ1n) is 20.6. The molecule has 0 aliphatic carbocycles. The molecule has 0 atom stereocenters. The molecule has 0 aliphatic heterocycles. The second-order valence-electron chi connectivity index (χ2n) is 15.3. The number of rotatable bonds is 8. The minimum Gasteiger partial charge on any atom is -0.310 e. The number of benzene rings is 10. The van der Waals surface area contributed by atoms with E-state index in [2.05, 4.69) is 252 Å². The van der Waals surface area contributed by atoms with Gasteiger partial charge in [0.05, 0.1) is 16.7 Å². The van der Waals surface area contributed by atoms with Crippen LogP contribution < -0.4 is 4.90 Å².